The molecule has 1 aromatic heterocycles. The second-order valence-corrected chi connectivity index (χ2v) is 3.02. The largest absolute Gasteiger partial charge is 0.325 e. The number of aryl methyl sites for hydroxylation is 1. The van der Waals surface area contributed by atoms with Crippen LogP contribution in [0.3, 0.4) is 0 Å². The van der Waals surface area contributed by atoms with E-state index in [9.17, 15) is 4.79 Å². The van der Waals surface area contributed by atoms with Crippen LogP contribution in [-0.2, 0) is 0 Å². The highest BCUT2D eigenvalue weighted by Gasteiger charge is 1.93. The van der Waals surface area contributed by atoms with Gasteiger partial charge in [-0.1, -0.05) is 11.8 Å². The highest BCUT2D eigenvalue weighted by Crippen LogP contribution is 1.98. The Morgan fingerprint density at radius 2 is 2.29 bits per heavy atom. The Balaban J connectivity index is 2.75. The van der Waals surface area contributed by atoms with Crippen molar-refractivity contribution in [2.45, 2.75) is 13.3 Å². The monoisotopic (exact) mass is 190 g/mol. The van der Waals surface area contributed by atoms with Crippen LogP contribution in [0.5, 0.6) is 0 Å². The zero-order valence-electron chi connectivity index (χ0n) is 8.48. The van der Waals surface area contributed by atoms with Gasteiger partial charge in [-0.25, -0.2) is 0 Å². The standard InChI is InChI=1S/C11H14N2O/c1-9-10(5-3-4-8-12-2)6-7-11(14)13-9/h6-7,12H,4,8H2,1-2H3,(H,13,14). The van der Waals surface area contributed by atoms with Crippen LogP contribution in [0.15, 0.2) is 16.9 Å². The second kappa shape index (κ2) is 5.25. The minimum atomic E-state index is -0.0803. The van der Waals surface area contributed by atoms with Crippen LogP contribution in [-0.4, -0.2) is 18.6 Å². The van der Waals surface area contributed by atoms with E-state index in [0.717, 1.165) is 24.2 Å². The Hall–Kier alpha value is -1.53. The maximum Gasteiger partial charge on any atom is 0.248 e. The van der Waals surface area contributed by atoms with Crippen LogP contribution < -0.4 is 10.9 Å². The summed E-state index contributed by atoms with van der Waals surface area (Å²) in [6.45, 7) is 2.74. The molecule has 0 fully saturated rings. The minimum Gasteiger partial charge on any atom is -0.325 e. The molecule has 1 heterocycles. The molecule has 0 radical (unpaired) electrons. The van der Waals surface area contributed by atoms with Crippen molar-refractivity contribution >= 4 is 0 Å². The van der Waals surface area contributed by atoms with E-state index in [1.165, 1.54) is 6.07 Å². The van der Waals surface area contributed by atoms with Crippen LogP contribution in [0.2, 0.25) is 0 Å². The topological polar surface area (TPSA) is 44.9 Å². The lowest BCUT2D eigenvalue weighted by Gasteiger charge is -1.95. The number of aromatic nitrogens is 1. The third-order valence-corrected chi connectivity index (χ3v) is 1.84. The molecule has 0 saturated carbocycles. The summed E-state index contributed by atoms with van der Waals surface area (Å²) in [5, 5.41) is 3.02. The summed E-state index contributed by atoms with van der Waals surface area (Å²) >= 11 is 0. The summed E-state index contributed by atoms with van der Waals surface area (Å²) in [4.78, 5) is 13.6. The molecule has 1 rings (SSSR count). The molecule has 0 bridgehead atoms. The molecule has 1 aromatic rings. The normalized spacial score (nSPS) is 9.29. The average Bonchev–Trinajstić information content (AvgIpc) is 2.15. The summed E-state index contributed by atoms with van der Waals surface area (Å²) in [7, 11) is 1.90. The molecule has 74 valence electrons. The fraction of sp³-hybridized carbons (Fsp3) is 0.364. The summed E-state index contributed by atoms with van der Waals surface area (Å²) in [5.74, 6) is 6.04. The van der Waals surface area contributed by atoms with Crippen LogP contribution in [0.25, 0.3) is 0 Å². The third kappa shape index (κ3) is 3.08. The lowest BCUT2D eigenvalue weighted by Crippen LogP contribution is -2.07. The molecule has 2 N–H and O–H groups in total. The molecule has 0 aliphatic carbocycles. The van der Waals surface area contributed by atoms with Crippen molar-refractivity contribution in [2.75, 3.05) is 13.6 Å². The first kappa shape index (κ1) is 10.6. The summed E-state index contributed by atoms with van der Waals surface area (Å²) < 4.78 is 0. The van der Waals surface area contributed by atoms with Gasteiger partial charge < -0.3 is 10.3 Å². The fourth-order valence-electron chi connectivity index (χ4n) is 1.06. The van der Waals surface area contributed by atoms with Crippen LogP contribution >= 0.6 is 0 Å². The molecule has 0 unspecified atom stereocenters. The molecular weight excluding hydrogens is 176 g/mol. The van der Waals surface area contributed by atoms with E-state index in [1.807, 2.05) is 14.0 Å². The Morgan fingerprint density at radius 3 is 2.93 bits per heavy atom. The van der Waals surface area contributed by atoms with E-state index >= 15 is 0 Å². The van der Waals surface area contributed by atoms with Crippen LogP contribution in [0.1, 0.15) is 17.7 Å². The predicted molar refractivity (Wildman–Crippen MR) is 57.2 cm³/mol. The number of pyridine rings is 1. The van der Waals surface area contributed by atoms with E-state index in [1.54, 1.807) is 6.07 Å². The molecular formula is C11H14N2O. The third-order valence-electron chi connectivity index (χ3n) is 1.84. The first-order valence-electron chi connectivity index (χ1n) is 4.57. The molecule has 14 heavy (non-hydrogen) atoms. The molecule has 3 nitrogen and oxygen atoms in total. The van der Waals surface area contributed by atoms with Gasteiger partial charge in [-0.3, -0.25) is 4.79 Å². The van der Waals surface area contributed by atoms with Crippen LogP contribution in [0.4, 0.5) is 0 Å². The summed E-state index contributed by atoms with van der Waals surface area (Å²) in [6.07, 6.45) is 0.815. The second-order valence-electron chi connectivity index (χ2n) is 3.02. The van der Waals surface area contributed by atoms with Crippen molar-refractivity contribution in [3.63, 3.8) is 0 Å². The van der Waals surface area contributed by atoms with Gasteiger partial charge in [0.15, 0.2) is 0 Å². The summed E-state index contributed by atoms with van der Waals surface area (Å²) in [5.41, 5.74) is 1.64. The number of hydrogen-bond acceptors (Lipinski definition) is 2. The maximum atomic E-state index is 10.9. The molecule has 0 aromatic carbocycles. The van der Waals surface area contributed by atoms with Gasteiger partial charge in [0.1, 0.15) is 0 Å². The smallest absolute Gasteiger partial charge is 0.248 e. The average molecular weight is 190 g/mol. The van der Waals surface area contributed by atoms with Gasteiger partial charge in [0.05, 0.1) is 0 Å². The van der Waals surface area contributed by atoms with Gasteiger partial charge in [0.25, 0.3) is 0 Å². The van der Waals surface area contributed by atoms with E-state index in [0.29, 0.717) is 0 Å². The van der Waals surface area contributed by atoms with Gasteiger partial charge in [0.2, 0.25) is 5.56 Å². The minimum absolute atomic E-state index is 0.0803. The van der Waals surface area contributed by atoms with Crippen molar-refractivity contribution in [1.29, 1.82) is 0 Å². The Kier molecular flexibility index (Phi) is 3.96. The van der Waals surface area contributed by atoms with Gasteiger partial charge >= 0.3 is 0 Å². The van der Waals surface area contributed by atoms with E-state index in [2.05, 4.69) is 22.1 Å². The zero-order chi connectivity index (χ0) is 10.4. The predicted octanol–water partition coefficient (Wildman–Crippen LogP) is 0.644. The quantitative estimate of drug-likeness (QED) is 0.531. The van der Waals surface area contributed by atoms with Crippen molar-refractivity contribution in [3.8, 4) is 11.8 Å². The van der Waals surface area contributed by atoms with Crippen molar-refractivity contribution < 1.29 is 0 Å². The lowest BCUT2D eigenvalue weighted by molar-refractivity contribution is 0.818. The molecule has 3 heteroatoms. The number of nitrogens with one attached hydrogen (secondary N) is 2. The van der Waals surface area contributed by atoms with Crippen molar-refractivity contribution in [1.82, 2.24) is 10.3 Å². The maximum absolute atomic E-state index is 10.9. The van der Waals surface area contributed by atoms with Gasteiger partial charge in [0, 0.05) is 30.3 Å². The van der Waals surface area contributed by atoms with Gasteiger partial charge in [-0.15, -0.1) is 0 Å². The molecule has 0 amide bonds. The van der Waals surface area contributed by atoms with Gasteiger partial charge in [-0.2, -0.15) is 0 Å². The zero-order valence-corrected chi connectivity index (χ0v) is 8.48. The van der Waals surface area contributed by atoms with E-state index in [4.69, 9.17) is 0 Å². The number of H-pyrrole nitrogens is 1. The molecule has 0 atom stereocenters. The van der Waals surface area contributed by atoms with Gasteiger partial charge in [-0.05, 0) is 20.0 Å². The first-order chi connectivity index (χ1) is 6.74. The number of hydrogen-bond donors (Lipinski definition) is 2. The Bertz CT molecular complexity index is 409. The van der Waals surface area contributed by atoms with Crippen molar-refractivity contribution in [2.24, 2.45) is 0 Å². The molecule has 0 spiro atoms. The number of aromatic amines is 1. The Morgan fingerprint density at radius 1 is 1.50 bits per heavy atom. The van der Waals surface area contributed by atoms with Crippen molar-refractivity contribution in [3.05, 3.63) is 33.7 Å². The van der Waals surface area contributed by atoms with Crippen LogP contribution in [0, 0.1) is 18.8 Å². The molecule has 0 aliphatic heterocycles. The molecule has 0 aliphatic rings. The van der Waals surface area contributed by atoms with E-state index in [-0.39, 0.29) is 5.56 Å². The highest BCUT2D eigenvalue weighted by atomic mass is 16.1. The van der Waals surface area contributed by atoms with E-state index < -0.39 is 0 Å². The lowest BCUT2D eigenvalue weighted by atomic mass is 10.2. The first-order valence-corrected chi connectivity index (χ1v) is 4.57. The summed E-state index contributed by atoms with van der Waals surface area (Å²) in [6, 6.07) is 3.25. The fourth-order valence-corrected chi connectivity index (χ4v) is 1.06. The Labute approximate surface area is 83.6 Å². The highest BCUT2D eigenvalue weighted by molar-refractivity contribution is 5.36. The molecule has 0 saturated heterocycles. The SMILES string of the molecule is CNCCC#Cc1ccc(=O)[nH]c1C. The number of rotatable bonds is 2.